The van der Waals surface area contributed by atoms with E-state index in [2.05, 4.69) is 31.4 Å². The van der Waals surface area contributed by atoms with E-state index in [1.165, 1.54) is 36.4 Å². The van der Waals surface area contributed by atoms with Gasteiger partial charge in [0.15, 0.2) is 5.82 Å². The van der Waals surface area contributed by atoms with Gasteiger partial charge in [-0.05, 0) is 74.4 Å². The predicted octanol–water partition coefficient (Wildman–Crippen LogP) is 7.17. The molecule has 0 N–H and O–H groups in total. The quantitative estimate of drug-likeness (QED) is 0.273. The van der Waals surface area contributed by atoms with Crippen LogP contribution in [0.25, 0.3) is 0 Å². The summed E-state index contributed by atoms with van der Waals surface area (Å²) >= 11 is 13.8. The van der Waals surface area contributed by atoms with Crippen molar-refractivity contribution in [1.82, 2.24) is 14.3 Å². The molecule has 8 heteroatoms. The Bertz CT molecular complexity index is 1140. The number of ether oxygens (including phenoxy) is 1. The van der Waals surface area contributed by atoms with Crippen molar-refractivity contribution < 1.29 is 4.74 Å². The minimum Gasteiger partial charge on any atom is -0.428 e. The van der Waals surface area contributed by atoms with Gasteiger partial charge in [-0.25, -0.2) is 4.99 Å². The summed E-state index contributed by atoms with van der Waals surface area (Å²) in [6, 6.07) is 11.7. The molecule has 1 saturated carbocycles. The lowest BCUT2D eigenvalue weighted by Gasteiger charge is -2.23. The first-order chi connectivity index (χ1) is 15.5. The second-order valence-corrected chi connectivity index (χ2v) is 10.0. The number of aliphatic imine (C=N–C) groups is 1. The maximum absolute atomic E-state index is 6.52. The minimum absolute atomic E-state index is 0.130. The van der Waals surface area contributed by atoms with Gasteiger partial charge in [0.05, 0.1) is 22.5 Å². The average molecular weight is 487 g/mol. The monoisotopic (exact) mass is 486 g/mol. The molecule has 5 nitrogen and oxygen atoms in total. The fourth-order valence-corrected chi connectivity index (χ4v) is 5.07. The lowest BCUT2D eigenvalue weighted by atomic mass is 9.95. The van der Waals surface area contributed by atoms with E-state index >= 15 is 0 Å². The van der Waals surface area contributed by atoms with Crippen LogP contribution in [0.3, 0.4) is 0 Å². The number of halogens is 2. The van der Waals surface area contributed by atoms with Crippen molar-refractivity contribution in [3.63, 3.8) is 0 Å². The number of nitrogens with zero attached hydrogens (tertiary/aromatic N) is 4. The number of hydrogen-bond donors (Lipinski definition) is 0. The first-order valence-electron chi connectivity index (χ1n) is 10.9. The number of piperidine rings is 1. The summed E-state index contributed by atoms with van der Waals surface area (Å²) in [5, 5.41) is 1.73. The molecule has 0 spiro atoms. The molecule has 2 heterocycles. The number of aromatic nitrogens is 2. The third-order valence-corrected chi connectivity index (χ3v) is 7.32. The van der Waals surface area contributed by atoms with Gasteiger partial charge in [-0.2, -0.15) is 9.36 Å². The third kappa shape index (κ3) is 4.49. The number of likely N-dealkylation sites (tertiary alicyclic amines) is 1. The van der Waals surface area contributed by atoms with Crippen LogP contribution in [-0.2, 0) is 5.41 Å². The minimum atomic E-state index is -0.130. The molecule has 32 heavy (non-hydrogen) atoms. The molecule has 0 amide bonds. The van der Waals surface area contributed by atoms with Crippen LogP contribution < -0.4 is 4.74 Å². The second kappa shape index (κ2) is 9.00. The van der Waals surface area contributed by atoms with E-state index in [1.807, 2.05) is 37.5 Å². The van der Waals surface area contributed by atoms with Crippen LogP contribution in [0.1, 0.15) is 49.1 Å². The molecule has 0 unspecified atom stereocenters. The van der Waals surface area contributed by atoms with Crippen LogP contribution in [0.15, 0.2) is 41.4 Å². The van der Waals surface area contributed by atoms with Gasteiger partial charge in [-0.15, -0.1) is 0 Å². The van der Waals surface area contributed by atoms with Crippen LogP contribution in [0.2, 0.25) is 10.0 Å². The average Bonchev–Trinajstić information content (AvgIpc) is 3.48. The Morgan fingerprint density at radius 3 is 2.56 bits per heavy atom. The smallest absolute Gasteiger partial charge is 0.298 e. The Labute approximate surface area is 202 Å². The van der Waals surface area contributed by atoms with E-state index in [0.717, 1.165) is 48.0 Å². The van der Waals surface area contributed by atoms with Crippen molar-refractivity contribution in [3.8, 4) is 10.9 Å². The number of rotatable bonds is 6. The normalized spacial score (nSPS) is 17.7. The molecule has 0 radical (unpaired) electrons. The number of aryl methyl sites for hydroxylation is 1. The Morgan fingerprint density at radius 1 is 1.09 bits per heavy atom. The lowest BCUT2D eigenvalue weighted by Crippen LogP contribution is -2.28. The van der Waals surface area contributed by atoms with Crippen LogP contribution in [0, 0.1) is 6.92 Å². The molecule has 1 aromatic heterocycles. The Morgan fingerprint density at radius 2 is 1.84 bits per heavy atom. The molecule has 2 aliphatic rings. The van der Waals surface area contributed by atoms with E-state index in [0.29, 0.717) is 16.0 Å². The predicted molar refractivity (Wildman–Crippen MR) is 131 cm³/mol. The highest BCUT2D eigenvalue weighted by Gasteiger charge is 2.49. The van der Waals surface area contributed by atoms with Crippen LogP contribution in [-0.4, -0.2) is 33.7 Å². The zero-order chi connectivity index (χ0) is 22.1. The molecule has 1 saturated heterocycles. The van der Waals surface area contributed by atoms with E-state index < -0.39 is 0 Å². The number of hydrogen-bond acceptors (Lipinski definition) is 5. The van der Waals surface area contributed by atoms with E-state index in [9.17, 15) is 0 Å². The molecule has 3 aromatic rings. The first-order valence-corrected chi connectivity index (χ1v) is 12.4. The van der Waals surface area contributed by atoms with E-state index in [1.54, 1.807) is 0 Å². The Hall–Kier alpha value is -2.15. The van der Waals surface area contributed by atoms with Gasteiger partial charge < -0.3 is 9.64 Å². The SMILES string of the molecule is Cc1cc(Oc2nc(C3(c4ccc(Cl)cc4)CC3)ns2)c(Cl)cc1/N=C\N1CCCCC1. The van der Waals surface area contributed by atoms with Crippen molar-refractivity contribution >= 4 is 46.8 Å². The van der Waals surface area contributed by atoms with Crippen molar-refractivity contribution in [1.29, 1.82) is 0 Å². The summed E-state index contributed by atoms with van der Waals surface area (Å²) < 4.78 is 10.6. The van der Waals surface area contributed by atoms with Gasteiger partial charge in [0.25, 0.3) is 5.19 Å². The maximum atomic E-state index is 6.52. The van der Waals surface area contributed by atoms with Crippen LogP contribution in [0.4, 0.5) is 5.69 Å². The summed E-state index contributed by atoms with van der Waals surface area (Å²) in [4.78, 5) is 11.6. The standard InChI is InChI=1S/C24H24Cl2N4OS/c1-16-13-21(19(26)14-20(16)27-15-30-11-3-2-4-12-30)31-23-28-22(29-32-23)24(9-10-24)17-5-7-18(25)8-6-17/h5-8,13-15H,2-4,9-12H2,1H3/b27-15-. The summed E-state index contributed by atoms with van der Waals surface area (Å²) in [6.07, 6.45) is 7.72. The van der Waals surface area contributed by atoms with Crippen LogP contribution >= 0.6 is 34.7 Å². The largest absolute Gasteiger partial charge is 0.428 e. The number of benzene rings is 2. The summed E-state index contributed by atoms with van der Waals surface area (Å²) in [5.41, 5.74) is 2.92. The molecular formula is C24H24Cl2N4OS. The first kappa shape index (κ1) is 21.7. The topological polar surface area (TPSA) is 50.6 Å². The molecule has 5 rings (SSSR count). The van der Waals surface area contributed by atoms with Gasteiger partial charge in [0.1, 0.15) is 5.75 Å². The molecule has 2 aromatic carbocycles. The zero-order valence-corrected chi connectivity index (χ0v) is 20.2. The van der Waals surface area contributed by atoms with E-state index in [-0.39, 0.29) is 5.41 Å². The van der Waals surface area contributed by atoms with Gasteiger partial charge in [-0.3, -0.25) is 0 Å². The fourth-order valence-electron chi connectivity index (χ4n) is 4.11. The highest BCUT2D eigenvalue weighted by atomic mass is 35.5. The highest BCUT2D eigenvalue weighted by Crippen LogP contribution is 2.53. The van der Waals surface area contributed by atoms with Crippen LogP contribution in [0.5, 0.6) is 10.9 Å². The summed E-state index contributed by atoms with van der Waals surface area (Å²) in [5.74, 6) is 1.37. The molecule has 0 atom stereocenters. The van der Waals surface area contributed by atoms with Gasteiger partial charge in [0, 0.05) is 29.6 Å². The summed E-state index contributed by atoms with van der Waals surface area (Å²) in [6.45, 7) is 4.14. The van der Waals surface area contributed by atoms with Gasteiger partial charge >= 0.3 is 0 Å². The molecule has 0 bridgehead atoms. The van der Waals surface area contributed by atoms with E-state index in [4.69, 9.17) is 27.9 Å². The lowest BCUT2D eigenvalue weighted by molar-refractivity contribution is 0.351. The van der Waals surface area contributed by atoms with Gasteiger partial charge in [-0.1, -0.05) is 35.3 Å². The molecule has 1 aliphatic heterocycles. The molecule has 2 fully saturated rings. The third-order valence-electron chi connectivity index (χ3n) is 6.18. The van der Waals surface area contributed by atoms with Crippen molar-refractivity contribution in [2.24, 2.45) is 4.99 Å². The Balaban J connectivity index is 1.32. The zero-order valence-electron chi connectivity index (χ0n) is 17.9. The summed E-state index contributed by atoms with van der Waals surface area (Å²) in [7, 11) is 0. The van der Waals surface area contributed by atoms with Gasteiger partial charge in [0.2, 0.25) is 0 Å². The van der Waals surface area contributed by atoms with Crippen molar-refractivity contribution in [2.45, 2.75) is 44.4 Å². The highest BCUT2D eigenvalue weighted by molar-refractivity contribution is 7.07. The van der Waals surface area contributed by atoms with Crippen molar-refractivity contribution in [2.75, 3.05) is 13.1 Å². The maximum Gasteiger partial charge on any atom is 0.298 e. The molecular weight excluding hydrogens is 463 g/mol. The fraction of sp³-hybridized carbons (Fsp3) is 0.375. The Kier molecular flexibility index (Phi) is 6.10. The molecule has 166 valence electrons. The van der Waals surface area contributed by atoms with Crippen molar-refractivity contribution in [3.05, 3.63) is 63.4 Å². The molecule has 1 aliphatic carbocycles. The second-order valence-electron chi connectivity index (χ2n) is 8.49.